The minimum Gasteiger partial charge on any atom is -0.330 e. The second-order valence-electron chi connectivity index (χ2n) is 5.55. The third kappa shape index (κ3) is 4.93. The van der Waals surface area contributed by atoms with Crippen molar-refractivity contribution in [2.45, 2.75) is 33.6 Å². The van der Waals surface area contributed by atoms with Gasteiger partial charge in [-0.15, -0.1) is 0 Å². The zero-order valence-corrected chi connectivity index (χ0v) is 12.6. The van der Waals surface area contributed by atoms with Crippen LogP contribution < -0.4 is 10.6 Å². The van der Waals surface area contributed by atoms with Crippen LogP contribution in [-0.2, 0) is 4.79 Å². The standard InChI is InChI=1S/C16H25FN2O/c1-4-19(15-7-5-14(17)6-8-15)16(20)10-13(11-18)9-12(2)3/h5-8,12-13H,4,9-11,18H2,1-3H3. The Labute approximate surface area is 121 Å². The first-order chi connectivity index (χ1) is 9.47. The van der Waals surface area contributed by atoms with Crippen molar-refractivity contribution in [3.63, 3.8) is 0 Å². The predicted molar refractivity (Wildman–Crippen MR) is 81.0 cm³/mol. The summed E-state index contributed by atoms with van der Waals surface area (Å²) >= 11 is 0. The van der Waals surface area contributed by atoms with Crippen LogP contribution in [0.25, 0.3) is 0 Å². The number of halogens is 1. The molecular formula is C16H25FN2O. The molecule has 0 saturated carbocycles. The van der Waals surface area contributed by atoms with Gasteiger partial charge in [-0.2, -0.15) is 0 Å². The SMILES string of the molecule is CCN(C(=O)CC(CN)CC(C)C)c1ccc(F)cc1. The van der Waals surface area contributed by atoms with E-state index in [4.69, 9.17) is 5.73 Å². The Morgan fingerprint density at radius 1 is 1.30 bits per heavy atom. The average Bonchev–Trinajstić information content (AvgIpc) is 2.40. The molecule has 3 nitrogen and oxygen atoms in total. The molecule has 0 bridgehead atoms. The number of carbonyl (C=O) groups is 1. The van der Waals surface area contributed by atoms with E-state index in [1.807, 2.05) is 6.92 Å². The largest absolute Gasteiger partial charge is 0.330 e. The van der Waals surface area contributed by atoms with Crippen LogP contribution in [-0.4, -0.2) is 19.0 Å². The fraction of sp³-hybridized carbons (Fsp3) is 0.562. The highest BCUT2D eigenvalue weighted by Crippen LogP contribution is 2.20. The summed E-state index contributed by atoms with van der Waals surface area (Å²) in [6.07, 6.45) is 1.39. The van der Waals surface area contributed by atoms with E-state index in [2.05, 4.69) is 13.8 Å². The molecule has 20 heavy (non-hydrogen) atoms. The summed E-state index contributed by atoms with van der Waals surface area (Å²) in [5.74, 6) is 0.487. The molecule has 1 unspecified atom stereocenters. The minimum absolute atomic E-state index is 0.0511. The second kappa shape index (κ2) is 8.00. The third-order valence-corrected chi connectivity index (χ3v) is 3.36. The van der Waals surface area contributed by atoms with Gasteiger partial charge in [-0.25, -0.2) is 4.39 Å². The molecular weight excluding hydrogens is 255 g/mol. The van der Waals surface area contributed by atoms with Gasteiger partial charge in [-0.1, -0.05) is 13.8 Å². The number of anilines is 1. The van der Waals surface area contributed by atoms with Crippen molar-refractivity contribution in [1.29, 1.82) is 0 Å². The highest BCUT2D eigenvalue weighted by Gasteiger charge is 2.19. The Morgan fingerprint density at radius 3 is 2.35 bits per heavy atom. The van der Waals surface area contributed by atoms with Gasteiger partial charge in [0.2, 0.25) is 5.91 Å². The fourth-order valence-corrected chi connectivity index (χ4v) is 2.41. The molecule has 0 saturated heterocycles. The fourth-order valence-electron chi connectivity index (χ4n) is 2.41. The van der Waals surface area contributed by atoms with E-state index in [0.717, 1.165) is 12.1 Å². The molecule has 4 heteroatoms. The van der Waals surface area contributed by atoms with Crippen LogP contribution in [0.3, 0.4) is 0 Å². The van der Waals surface area contributed by atoms with Gasteiger partial charge in [0.25, 0.3) is 0 Å². The molecule has 1 aromatic rings. The van der Waals surface area contributed by atoms with Gasteiger partial charge < -0.3 is 10.6 Å². The smallest absolute Gasteiger partial charge is 0.227 e. The number of rotatable bonds is 7. The Hall–Kier alpha value is -1.42. The number of carbonyl (C=O) groups excluding carboxylic acids is 1. The molecule has 0 radical (unpaired) electrons. The van der Waals surface area contributed by atoms with Gasteiger partial charge >= 0.3 is 0 Å². The lowest BCUT2D eigenvalue weighted by atomic mass is 9.93. The van der Waals surface area contributed by atoms with Gasteiger partial charge in [0.15, 0.2) is 0 Å². The summed E-state index contributed by atoms with van der Waals surface area (Å²) in [5, 5.41) is 0. The van der Waals surface area contributed by atoms with Gasteiger partial charge in [0.05, 0.1) is 0 Å². The van der Waals surface area contributed by atoms with Crippen LogP contribution in [0.4, 0.5) is 10.1 Å². The molecule has 0 fully saturated rings. The van der Waals surface area contributed by atoms with E-state index in [1.165, 1.54) is 12.1 Å². The summed E-state index contributed by atoms with van der Waals surface area (Å²) in [7, 11) is 0. The molecule has 1 amide bonds. The van der Waals surface area contributed by atoms with E-state index in [9.17, 15) is 9.18 Å². The van der Waals surface area contributed by atoms with Crippen LogP contribution in [0.5, 0.6) is 0 Å². The Kier molecular flexibility index (Phi) is 6.65. The maximum atomic E-state index is 12.9. The molecule has 0 aromatic heterocycles. The summed E-state index contributed by atoms with van der Waals surface area (Å²) in [6.45, 7) is 7.27. The first kappa shape index (κ1) is 16.6. The molecule has 2 N–H and O–H groups in total. The average molecular weight is 280 g/mol. The Bertz CT molecular complexity index is 417. The molecule has 1 rings (SSSR count). The van der Waals surface area contributed by atoms with Crippen molar-refractivity contribution in [2.75, 3.05) is 18.0 Å². The third-order valence-electron chi connectivity index (χ3n) is 3.36. The predicted octanol–water partition coefficient (Wildman–Crippen LogP) is 3.19. The van der Waals surface area contributed by atoms with Crippen molar-refractivity contribution in [3.8, 4) is 0 Å². The van der Waals surface area contributed by atoms with Crippen LogP contribution in [0.2, 0.25) is 0 Å². The maximum Gasteiger partial charge on any atom is 0.227 e. The number of nitrogens with two attached hydrogens (primary N) is 1. The number of hydrogen-bond acceptors (Lipinski definition) is 2. The lowest BCUT2D eigenvalue weighted by Crippen LogP contribution is -2.33. The highest BCUT2D eigenvalue weighted by molar-refractivity contribution is 5.93. The lowest BCUT2D eigenvalue weighted by molar-refractivity contribution is -0.119. The summed E-state index contributed by atoms with van der Waals surface area (Å²) < 4.78 is 12.9. The zero-order chi connectivity index (χ0) is 15.1. The first-order valence-corrected chi connectivity index (χ1v) is 7.23. The second-order valence-corrected chi connectivity index (χ2v) is 5.55. The number of amides is 1. The highest BCUT2D eigenvalue weighted by atomic mass is 19.1. The van der Waals surface area contributed by atoms with E-state index in [-0.39, 0.29) is 17.6 Å². The van der Waals surface area contributed by atoms with Gasteiger partial charge in [-0.05, 0) is 56.0 Å². The van der Waals surface area contributed by atoms with Crippen LogP contribution in [0.1, 0.15) is 33.6 Å². The Morgan fingerprint density at radius 2 is 1.90 bits per heavy atom. The Balaban J connectivity index is 2.73. The summed E-state index contributed by atoms with van der Waals surface area (Å²) in [4.78, 5) is 14.1. The monoisotopic (exact) mass is 280 g/mol. The van der Waals surface area contributed by atoms with Crippen molar-refractivity contribution < 1.29 is 9.18 Å². The number of hydrogen-bond donors (Lipinski definition) is 1. The van der Waals surface area contributed by atoms with E-state index >= 15 is 0 Å². The van der Waals surface area contributed by atoms with E-state index < -0.39 is 0 Å². The zero-order valence-electron chi connectivity index (χ0n) is 12.6. The minimum atomic E-state index is -0.295. The first-order valence-electron chi connectivity index (χ1n) is 7.23. The maximum absolute atomic E-state index is 12.9. The van der Waals surface area contributed by atoms with Crippen LogP contribution in [0.15, 0.2) is 24.3 Å². The number of nitrogens with zero attached hydrogens (tertiary/aromatic N) is 1. The molecule has 0 aliphatic heterocycles. The van der Waals surface area contributed by atoms with Gasteiger partial charge in [-0.3, -0.25) is 4.79 Å². The van der Waals surface area contributed by atoms with Crippen molar-refractivity contribution in [1.82, 2.24) is 0 Å². The van der Waals surface area contributed by atoms with Crippen molar-refractivity contribution >= 4 is 11.6 Å². The molecule has 0 aliphatic rings. The summed E-state index contributed by atoms with van der Waals surface area (Å²) in [5.41, 5.74) is 6.48. The van der Waals surface area contributed by atoms with Crippen molar-refractivity contribution in [2.24, 2.45) is 17.6 Å². The number of benzene rings is 1. The molecule has 1 atom stereocenters. The quantitative estimate of drug-likeness (QED) is 0.833. The van der Waals surface area contributed by atoms with E-state index in [0.29, 0.717) is 25.4 Å². The normalized spacial score (nSPS) is 12.5. The molecule has 0 aliphatic carbocycles. The molecule has 1 aromatic carbocycles. The van der Waals surface area contributed by atoms with Gasteiger partial charge in [0, 0.05) is 18.7 Å². The lowest BCUT2D eigenvalue weighted by Gasteiger charge is -2.24. The van der Waals surface area contributed by atoms with E-state index in [1.54, 1.807) is 17.0 Å². The van der Waals surface area contributed by atoms with Crippen LogP contribution >= 0.6 is 0 Å². The van der Waals surface area contributed by atoms with Gasteiger partial charge in [0.1, 0.15) is 5.82 Å². The van der Waals surface area contributed by atoms with Crippen LogP contribution in [0, 0.1) is 17.7 Å². The molecule has 112 valence electrons. The topological polar surface area (TPSA) is 46.3 Å². The summed E-state index contributed by atoms with van der Waals surface area (Å²) in [6, 6.07) is 6.02. The molecule has 0 heterocycles. The van der Waals surface area contributed by atoms with Crippen molar-refractivity contribution in [3.05, 3.63) is 30.1 Å². The molecule has 0 spiro atoms.